The van der Waals surface area contributed by atoms with Crippen molar-refractivity contribution < 1.29 is 12.8 Å². The molecule has 2 rings (SSSR count). The van der Waals surface area contributed by atoms with E-state index in [1.165, 1.54) is 29.8 Å². The summed E-state index contributed by atoms with van der Waals surface area (Å²) in [5.41, 5.74) is 0.957. The summed E-state index contributed by atoms with van der Waals surface area (Å²) in [6.45, 7) is 3.18. The number of nitrogens with zero attached hydrogens (tertiary/aromatic N) is 2. The molecule has 0 aliphatic heterocycles. The Kier molecular flexibility index (Phi) is 4.09. The minimum absolute atomic E-state index is 0.0402. The molecule has 0 aliphatic carbocycles. The first-order valence-electron chi connectivity index (χ1n) is 5.62. The molecular weight excluding hydrogens is 326 g/mol. The maximum Gasteiger partial charge on any atom is 0.264 e. The van der Waals surface area contributed by atoms with Crippen molar-refractivity contribution in [3.8, 4) is 0 Å². The largest absolute Gasteiger partial charge is 0.264 e. The van der Waals surface area contributed by atoms with E-state index >= 15 is 0 Å². The molecule has 1 heterocycles. The highest BCUT2D eigenvalue weighted by atomic mass is 35.7. The average molecular weight is 337 g/mol. The molecule has 0 amide bonds. The smallest absolute Gasteiger partial charge is 0.264 e. The van der Waals surface area contributed by atoms with E-state index < -0.39 is 14.9 Å². The summed E-state index contributed by atoms with van der Waals surface area (Å²) in [7, 11) is 1.48. The topological polar surface area (TPSA) is 52.0 Å². The van der Waals surface area contributed by atoms with Crippen LogP contribution in [0.3, 0.4) is 0 Å². The SMILES string of the molecule is Cc1nn(Cc2cc(Cl)ccc2F)c(C)c1S(=O)(=O)Cl. The Morgan fingerprint density at radius 1 is 1.35 bits per heavy atom. The Labute approximate surface area is 125 Å². The molecule has 4 nitrogen and oxygen atoms in total. The fourth-order valence-corrected chi connectivity index (χ4v) is 3.73. The van der Waals surface area contributed by atoms with Crippen molar-refractivity contribution in [2.75, 3.05) is 0 Å². The van der Waals surface area contributed by atoms with Gasteiger partial charge in [-0.1, -0.05) is 11.6 Å². The molecule has 108 valence electrons. The molecule has 0 atom stereocenters. The van der Waals surface area contributed by atoms with Crippen molar-refractivity contribution in [1.29, 1.82) is 0 Å². The van der Waals surface area contributed by atoms with Crippen LogP contribution in [0, 0.1) is 19.7 Å². The lowest BCUT2D eigenvalue weighted by atomic mass is 10.2. The first-order valence-corrected chi connectivity index (χ1v) is 8.31. The predicted octanol–water partition coefficient (Wildman–Crippen LogP) is 3.27. The van der Waals surface area contributed by atoms with E-state index in [0.717, 1.165) is 0 Å². The summed E-state index contributed by atoms with van der Waals surface area (Å²) in [5.74, 6) is -0.433. The van der Waals surface area contributed by atoms with Gasteiger partial charge in [0.1, 0.15) is 10.7 Å². The molecule has 20 heavy (non-hydrogen) atoms. The van der Waals surface area contributed by atoms with E-state index in [0.29, 0.717) is 16.3 Å². The van der Waals surface area contributed by atoms with Crippen LogP contribution in [0.1, 0.15) is 17.0 Å². The van der Waals surface area contributed by atoms with Crippen LogP contribution in [0.15, 0.2) is 23.1 Å². The molecule has 0 radical (unpaired) electrons. The second-order valence-electron chi connectivity index (χ2n) is 4.33. The van der Waals surface area contributed by atoms with Crippen LogP contribution in [0.2, 0.25) is 5.02 Å². The Bertz CT molecular complexity index is 772. The lowest BCUT2D eigenvalue weighted by Crippen LogP contribution is -2.06. The molecule has 0 fully saturated rings. The molecule has 0 N–H and O–H groups in total. The molecule has 0 saturated heterocycles. The van der Waals surface area contributed by atoms with Gasteiger partial charge in [0, 0.05) is 21.3 Å². The van der Waals surface area contributed by atoms with Crippen LogP contribution in [0.25, 0.3) is 0 Å². The van der Waals surface area contributed by atoms with Gasteiger partial charge in [-0.15, -0.1) is 0 Å². The second-order valence-corrected chi connectivity index (χ2v) is 7.27. The Morgan fingerprint density at radius 2 is 2.00 bits per heavy atom. The number of aryl methyl sites for hydroxylation is 1. The Balaban J connectivity index is 2.48. The van der Waals surface area contributed by atoms with Gasteiger partial charge in [-0.25, -0.2) is 12.8 Å². The van der Waals surface area contributed by atoms with Crippen LogP contribution in [-0.2, 0) is 15.6 Å². The number of halogens is 3. The van der Waals surface area contributed by atoms with E-state index in [1.54, 1.807) is 6.92 Å². The van der Waals surface area contributed by atoms with Gasteiger partial charge >= 0.3 is 0 Å². The molecule has 0 saturated carbocycles. The van der Waals surface area contributed by atoms with Gasteiger partial charge in [0.2, 0.25) is 0 Å². The van der Waals surface area contributed by atoms with Crippen molar-refractivity contribution in [3.05, 3.63) is 46.0 Å². The Hall–Kier alpha value is -1.11. The maximum absolute atomic E-state index is 13.7. The van der Waals surface area contributed by atoms with E-state index in [2.05, 4.69) is 5.10 Å². The predicted molar refractivity (Wildman–Crippen MR) is 75.3 cm³/mol. The third-order valence-corrected chi connectivity index (χ3v) is 4.66. The highest BCUT2D eigenvalue weighted by molar-refractivity contribution is 8.13. The van der Waals surface area contributed by atoms with Gasteiger partial charge in [0.25, 0.3) is 9.05 Å². The normalized spacial score (nSPS) is 11.8. The summed E-state index contributed by atoms with van der Waals surface area (Å²) < 4.78 is 38.0. The van der Waals surface area contributed by atoms with Crippen LogP contribution in [-0.4, -0.2) is 18.2 Å². The standard InChI is InChI=1S/C12H11Cl2FN2O2S/c1-7-12(20(14,18)19)8(2)17(16-7)6-9-5-10(13)3-4-11(9)15/h3-5H,6H2,1-2H3. The van der Waals surface area contributed by atoms with E-state index in [9.17, 15) is 12.8 Å². The molecule has 0 unspecified atom stereocenters. The first kappa shape index (κ1) is 15.3. The lowest BCUT2D eigenvalue weighted by Gasteiger charge is -2.06. The fraction of sp³-hybridized carbons (Fsp3) is 0.250. The summed E-state index contributed by atoms with van der Waals surface area (Å²) in [6, 6.07) is 4.17. The zero-order valence-electron chi connectivity index (χ0n) is 10.7. The zero-order valence-corrected chi connectivity index (χ0v) is 13.0. The average Bonchev–Trinajstić information content (AvgIpc) is 2.58. The van der Waals surface area contributed by atoms with Gasteiger partial charge in [-0.05, 0) is 32.0 Å². The first-order chi connectivity index (χ1) is 9.20. The molecule has 0 aliphatic rings. The minimum Gasteiger partial charge on any atom is -0.264 e. The summed E-state index contributed by atoms with van der Waals surface area (Å²) >= 11 is 5.82. The van der Waals surface area contributed by atoms with Crippen LogP contribution in [0.4, 0.5) is 4.39 Å². The summed E-state index contributed by atoms with van der Waals surface area (Å²) in [6.07, 6.45) is 0. The highest BCUT2D eigenvalue weighted by Crippen LogP contribution is 2.24. The minimum atomic E-state index is -3.88. The molecular formula is C12H11Cl2FN2O2S. The highest BCUT2D eigenvalue weighted by Gasteiger charge is 2.22. The van der Waals surface area contributed by atoms with Gasteiger partial charge in [0.05, 0.1) is 17.9 Å². The summed E-state index contributed by atoms with van der Waals surface area (Å²) in [4.78, 5) is -0.0402. The molecule has 0 bridgehead atoms. The number of hydrogen-bond acceptors (Lipinski definition) is 3. The van der Waals surface area contributed by atoms with Gasteiger partial charge in [-0.3, -0.25) is 4.68 Å². The molecule has 1 aromatic carbocycles. The van der Waals surface area contributed by atoms with Gasteiger partial charge in [0.15, 0.2) is 0 Å². The van der Waals surface area contributed by atoms with Crippen molar-refractivity contribution in [2.24, 2.45) is 0 Å². The van der Waals surface area contributed by atoms with Crippen molar-refractivity contribution >= 4 is 31.3 Å². The zero-order chi connectivity index (χ0) is 15.1. The number of hydrogen-bond donors (Lipinski definition) is 0. The lowest BCUT2D eigenvalue weighted by molar-refractivity contribution is 0.578. The Morgan fingerprint density at radius 3 is 2.55 bits per heavy atom. The van der Waals surface area contributed by atoms with Crippen LogP contribution in [0.5, 0.6) is 0 Å². The van der Waals surface area contributed by atoms with Crippen LogP contribution < -0.4 is 0 Å². The number of benzene rings is 1. The summed E-state index contributed by atoms with van der Waals surface area (Å²) in [5, 5.41) is 4.48. The van der Waals surface area contributed by atoms with Crippen LogP contribution >= 0.6 is 22.3 Å². The van der Waals surface area contributed by atoms with E-state index in [1.807, 2.05) is 0 Å². The number of aromatic nitrogens is 2. The van der Waals surface area contributed by atoms with E-state index in [-0.39, 0.29) is 17.1 Å². The third-order valence-electron chi connectivity index (χ3n) is 2.89. The third kappa shape index (κ3) is 2.97. The van der Waals surface area contributed by atoms with Gasteiger partial charge in [-0.2, -0.15) is 5.10 Å². The molecule has 0 spiro atoms. The molecule has 8 heteroatoms. The van der Waals surface area contributed by atoms with E-state index in [4.69, 9.17) is 22.3 Å². The van der Waals surface area contributed by atoms with Crippen molar-refractivity contribution in [2.45, 2.75) is 25.3 Å². The molecule has 1 aromatic heterocycles. The monoisotopic (exact) mass is 336 g/mol. The van der Waals surface area contributed by atoms with Gasteiger partial charge < -0.3 is 0 Å². The fourth-order valence-electron chi connectivity index (χ4n) is 2.01. The quantitative estimate of drug-likeness (QED) is 0.808. The maximum atomic E-state index is 13.7. The molecule has 2 aromatic rings. The van der Waals surface area contributed by atoms with Crippen molar-refractivity contribution in [1.82, 2.24) is 9.78 Å². The number of rotatable bonds is 3. The van der Waals surface area contributed by atoms with Crippen molar-refractivity contribution in [3.63, 3.8) is 0 Å². The second kappa shape index (κ2) is 5.35.